The van der Waals surface area contributed by atoms with E-state index in [1.165, 1.54) is 0 Å². The molecule has 24 heavy (non-hydrogen) atoms. The maximum atomic E-state index is 12.8. The van der Waals surface area contributed by atoms with E-state index in [0.717, 1.165) is 16.9 Å². The van der Waals surface area contributed by atoms with E-state index in [1.807, 2.05) is 54.6 Å². The molecule has 0 bridgehead atoms. The number of para-hydroxylation sites is 1. The second-order valence-corrected chi connectivity index (χ2v) is 5.66. The van der Waals surface area contributed by atoms with Crippen LogP contribution in [-0.2, 0) is 6.54 Å². The molecule has 1 heterocycles. The minimum absolute atomic E-state index is 0.229. The van der Waals surface area contributed by atoms with Crippen LogP contribution in [0.15, 0.2) is 79.1 Å². The zero-order valence-corrected chi connectivity index (χ0v) is 13.6. The van der Waals surface area contributed by atoms with Crippen molar-refractivity contribution in [1.29, 1.82) is 0 Å². The van der Waals surface area contributed by atoms with Gasteiger partial charge in [-0.05, 0) is 42.0 Å². The van der Waals surface area contributed by atoms with Crippen molar-refractivity contribution >= 4 is 29.0 Å². The summed E-state index contributed by atoms with van der Waals surface area (Å²) in [7, 11) is 0. The Labute approximate surface area is 145 Å². The van der Waals surface area contributed by atoms with E-state index >= 15 is 0 Å². The third-order valence-electron chi connectivity index (χ3n) is 3.45. The van der Waals surface area contributed by atoms with Crippen LogP contribution in [0.25, 0.3) is 0 Å². The second-order valence-electron chi connectivity index (χ2n) is 5.22. The lowest BCUT2D eigenvalue weighted by Crippen LogP contribution is -2.34. The molecule has 1 aromatic heterocycles. The number of aromatic nitrogens is 1. The van der Waals surface area contributed by atoms with Crippen molar-refractivity contribution in [2.45, 2.75) is 6.54 Å². The first-order chi connectivity index (χ1) is 11.7. The number of pyridine rings is 1. The van der Waals surface area contributed by atoms with Crippen molar-refractivity contribution in [2.75, 3.05) is 10.2 Å². The predicted octanol–water partition coefficient (Wildman–Crippen LogP) is 4.97. The fourth-order valence-electron chi connectivity index (χ4n) is 2.31. The summed E-state index contributed by atoms with van der Waals surface area (Å²) < 4.78 is 0. The number of benzene rings is 2. The molecule has 0 unspecified atom stereocenters. The van der Waals surface area contributed by atoms with Crippen molar-refractivity contribution in [3.63, 3.8) is 0 Å². The summed E-state index contributed by atoms with van der Waals surface area (Å²) in [6, 6.07) is 20.1. The summed E-state index contributed by atoms with van der Waals surface area (Å²) in [6.07, 6.45) is 3.45. The van der Waals surface area contributed by atoms with Crippen LogP contribution >= 0.6 is 11.6 Å². The third kappa shape index (κ3) is 4.12. The van der Waals surface area contributed by atoms with E-state index in [4.69, 9.17) is 11.6 Å². The standard InChI is InChI=1S/C19H16ClN3O/c20-16-7-4-10-18(12-16)23(14-15-6-5-11-21-13-15)19(24)22-17-8-2-1-3-9-17/h1-13H,14H2,(H,22,24). The highest BCUT2D eigenvalue weighted by atomic mass is 35.5. The number of hydrogen-bond acceptors (Lipinski definition) is 2. The van der Waals surface area contributed by atoms with Gasteiger partial charge >= 0.3 is 6.03 Å². The van der Waals surface area contributed by atoms with E-state index in [2.05, 4.69) is 10.3 Å². The first-order valence-corrected chi connectivity index (χ1v) is 7.88. The van der Waals surface area contributed by atoms with Crippen molar-refractivity contribution < 1.29 is 4.79 Å². The highest BCUT2D eigenvalue weighted by molar-refractivity contribution is 6.31. The molecule has 0 atom stereocenters. The molecule has 5 heteroatoms. The number of anilines is 2. The molecule has 1 N–H and O–H groups in total. The molecule has 3 aromatic rings. The Bertz CT molecular complexity index is 809. The van der Waals surface area contributed by atoms with Gasteiger partial charge in [0.05, 0.1) is 6.54 Å². The number of amides is 2. The zero-order valence-electron chi connectivity index (χ0n) is 12.9. The Balaban J connectivity index is 1.87. The molecule has 4 nitrogen and oxygen atoms in total. The molecule has 0 aliphatic rings. The number of nitrogens with zero attached hydrogens (tertiary/aromatic N) is 2. The van der Waals surface area contributed by atoms with Gasteiger partial charge in [0.15, 0.2) is 0 Å². The highest BCUT2D eigenvalue weighted by Gasteiger charge is 2.17. The highest BCUT2D eigenvalue weighted by Crippen LogP contribution is 2.22. The molecule has 0 aliphatic carbocycles. The fourth-order valence-corrected chi connectivity index (χ4v) is 2.50. The number of carbonyl (C=O) groups is 1. The molecular formula is C19H16ClN3O. The molecule has 2 aromatic carbocycles. The summed E-state index contributed by atoms with van der Waals surface area (Å²) in [5, 5.41) is 3.48. The number of hydrogen-bond donors (Lipinski definition) is 1. The Morgan fingerprint density at radius 1 is 1.04 bits per heavy atom. The summed E-state index contributed by atoms with van der Waals surface area (Å²) >= 11 is 6.09. The van der Waals surface area contributed by atoms with Gasteiger partial charge in [-0.25, -0.2) is 4.79 Å². The molecule has 0 fully saturated rings. The maximum Gasteiger partial charge on any atom is 0.326 e. The topological polar surface area (TPSA) is 45.2 Å². The van der Waals surface area contributed by atoms with Gasteiger partial charge < -0.3 is 5.32 Å². The van der Waals surface area contributed by atoms with Crippen LogP contribution in [0.4, 0.5) is 16.2 Å². The first kappa shape index (κ1) is 16.0. The molecule has 0 radical (unpaired) electrons. The monoisotopic (exact) mass is 337 g/mol. The summed E-state index contributed by atoms with van der Waals surface area (Å²) in [5.74, 6) is 0. The van der Waals surface area contributed by atoms with Crippen molar-refractivity contribution in [2.24, 2.45) is 0 Å². The smallest absolute Gasteiger partial charge is 0.308 e. The first-order valence-electron chi connectivity index (χ1n) is 7.50. The average molecular weight is 338 g/mol. The van der Waals surface area contributed by atoms with Crippen LogP contribution in [-0.4, -0.2) is 11.0 Å². The number of rotatable bonds is 4. The van der Waals surface area contributed by atoms with Gasteiger partial charge in [-0.2, -0.15) is 0 Å². The summed E-state index contributed by atoms with van der Waals surface area (Å²) in [6.45, 7) is 0.396. The molecular weight excluding hydrogens is 322 g/mol. The van der Waals surface area contributed by atoms with E-state index in [-0.39, 0.29) is 6.03 Å². The Hall–Kier alpha value is -2.85. The van der Waals surface area contributed by atoms with Gasteiger partial charge in [0, 0.05) is 28.8 Å². The molecule has 3 rings (SSSR count). The Kier molecular flexibility index (Phi) is 5.08. The molecule has 2 amide bonds. The fraction of sp³-hybridized carbons (Fsp3) is 0.0526. The third-order valence-corrected chi connectivity index (χ3v) is 3.69. The van der Waals surface area contributed by atoms with Gasteiger partial charge in [0.1, 0.15) is 0 Å². The van der Waals surface area contributed by atoms with Crippen LogP contribution in [0.2, 0.25) is 5.02 Å². The quantitative estimate of drug-likeness (QED) is 0.730. The molecule has 0 spiro atoms. The molecule has 0 saturated carbocycles. The van der Waals surface area contributed by atoms with Gasteiger partial charge in [-0.3, -0.25) is 9.88 Å². The van der Waals surface area contributed by atoms with E-state index < -0.39 is 0 Å². The molecule has 120 valence electrons. The molecule has 0 saturated heterocycles. The normalized spacial score (nSPS) is 10.2. The maximum absolute atomic E-state index is 12.8. The lowest BCUT2D eigenvalue weighted by Gasteiger charge is -2.23. The van der Waals surface area contributed by atoms with Crippen LogP contribution < -0.4 is 10.2 Å². The van der Waals surface area contributed by atoms with Crippen molar-refractivity contribution in [3.8, 4) is 0 Å². The van der Waals surface area contributed by atoms with E-state index in [9.17, 15) is 4.79 Å². The number of halogens is 1. The largest absolute Gasteiger partial charge is 0.326 e. The van der Waals surface area contributed by atoms with Crippen LogP contribution in [0.3, 0.4) is 0 Å². The van der Waals surface area contributed by atoms with Crippen molar-refractivity contribution in [3.05, 3.63) is 89.7 Å². The van der Waals surface area contributed by atoms with Crippen LogP contribution in [0.1, 0.15) is 5.56 Å². The molecule has 0 aliphatic heterocycles. The van der Waals surface area contributed by atoms with Gasteiger partial charge in [0.2, 0.25) is 0 Å². The minimum Gasteiger partial charge on any atom is -0.308 e. The SMILES string of the molecule is O=C(Nc1ccccc1)N(Cc1cccnc1)c1cccc(Cl)c1. The second kappa shape index (κ2) is 7.62. The lowest BCUT2D eigenvalue weighted by atomic mass is 10.2. The number of nitrogens with one attached hydrogen (secondary N) is 1. The minimum atomic E-state index is -0.229. The Morgan fingerprint density at radius 3 is 2.58 bits per heavy atom. The lowest BCUT2D eigenvalue weighted by molar-refractivity contribution is 0.256. The van der Waals surface area contributed by atoms with Crippen molar-refractivity contribution in [1.82, 2.24) is 4.98 Å². The van der Waals surface area contributed by atoms with Crippen LogP contribution in [0, 0.1) is 0 Å². The van der Waals surface area contributed by atoms with Gasteiger partial charge in [-0.1, -0.05) is 41.9 Å². The number of carbonyl (C=O) groups excluding carboxylic acids is 1. The predicted molar refractivity (Wildman–Crippen MR) is 97.3 cm³/mol. The summed E-state index contributed by atoms with van der Waals surface area (Å²) in [4.78, 5) is 18.5. The van der Waals surface area contributed by atoms with E-state index in [0.29, 0.717) is 11.6 Å². The van der Waals surface area contributed by atoms with E-state index in [1.54, 1.807) is 29.4 Å². The summed E-state index contributed by atoms with van der Waals surface area (Å²) in [5.41, 5.74) is 2.39. The van der Waals surface area contributed by atoms with Gasteiger partial charge in [0.25, 0.3) is 0 Å². The number of urea groups is 1. The van der Waals surface area contributed by atoms with Crippen LogP contribution in [0.5, 0.6) is 0 Å². The zero-order chi connectivity index (χ0) is 16.8. The Morgan fingerprint density at radius 2 is 1.88 bits per heavy atom. The average Bonchev–Trinajstić information content (AvgIpc) is 2.61. The van der Waals surface area contributed by atoms with Gasteiger partial charge in [-0.15, -0.1) is 0 Å².